The van der Waals surface area contributed by atoms with Gasteiger partial charge in [0.2, 0.25) is 0 Å². The van der Waals surface area contributed by atoms with E-state index in [1.165, 1.54) is 16.7 Å². The van der Waals surface area contributed by atoms with E-state index in [0.717, 1.165) is 78.5 Å². The SMILES string of the molecule is CC1(C)c2ccccc2-c2c1ccc1c2Oc2ccc(-c3cccc(-c4cc(-c5cccc(-c6ccccc6)c5)nc(-c5cccc(-c6ccccc6)c5)n4)c3)cc2O1. The van der Waals surface area contributed by atoms with Gasteiger partial charge in [-0.2, -0.15) is 0 Å². The van der Waals surface area contributed by atoms with Crippen molar-refractivity contribution in [1.29, 1.82) is 0 Å². The highest BCUT2D eigenvalue weighted by Crippen LogP contribution is 2.58. The van der Waals surface area contributed by atoms with E-state index in [1.54, 1.807) is 0 Å². The number of benzene rings is 8. The molecule has 2 aliphatic rings. The quantitative estimate of drug-likeness (QED) is 0.169. The molecule has 2 heterocycles. The van der Waals surface area contributed by atoms with Crippen LogP contribution in [-0.2, 0) is 5.41 Å². The number of hydrogen-bond acceptors (Lipinski definition) is 4. The van der Waals surface area contributed by atoms with Crippen LogP contribution >= 0.6 is 0 Å². The third kappa shape index (κ3) is 6.09. The molecule has 0 saturated heterocycles. The molecule has 59 heavy (non-hydrogen) atoms. The fourth-order valence-corrected chi connectivity index (χ4v) is 8.69. The van der Waals surface area contributed by atoms with Gasteiger partial charge in [-0.1, -0.05) is 166 Å². The highest BCUT2D eigenvalue weighted by Gasteiger charge is 2.39. The maximum Gasteiger partial charge on any atom is 0.178 e. The fraction of sp³-hybridized carbons (Fsp3) is 0.0545. The zero-order valence-corrected chi connectivity index (χ0v) is 32.7. The van der Waals surface area contributed by atoms with Crippen molar-refractivity contribution in [1.82, 2.24) is 9.97 Å². The number of ether oxygens (including phenoxy) is 2. The minimum absolute atomic E-state index is 0.122. The lowest BCUT2D eigenvalue weighted by atomic mass is 9.82. The van der Waals surface area contributed by atoms with Gasteiger partial charge in [-0.15, -0.1) is 0 Å². The predicted octanol–water partition coefficient (Wildman–Crippen LogP) is 14.7. The highest BCUT2D eigenvalue weighted by atomic mass is 16.6. The van der Waals surface area contributed by atoms with E-state index in [2.05, 4.69) is 184 Å². The third-order valence-corrected chi connectivity index (χ3v) is 11.8. The van der Waals surface area contributed by atoms with Crippen molar-refractivity contribution in [2.75, 3.05) is 0 Å². The van der Waals surface area contributed by atoms with Crippen molar-refractivity contribution in [3.05, 3.63) is 205 Å². The number of aromatic nitrogens is 2. The smallest absolute Gasteiger partial charge is 0.178 e. The second-order valence-electron chi connectivity index (χ2n) is 15.8. The monoisotopic (exact) mass is 758 g/mol. The van der Waals surface area contributed by atoms with Gasteiger partial charge in [-0.25, -0.2) is 9.97 Å². The molecule has 0 unspecified atom stereocenters. The van der Waals surface area contributed by atoms with Crippen molar-refractivity contribution in [3.63, 3.8) is 0 Å². The van der Waals surface area contributed by atoms with E-state index >= 15 is 0 Å². The molecule has 0 N–H and O–H groups in total. The lowest BCUT2D eigenvalue weighted by Gasteiger charge is -2.25. The summed E-state index contributed by atoms with van der Waals surface area (Å²) in [7, 11) is 0. The van der Waals surface area contributed by atoms with Crippen LogP contribution in [0, 0.1) is 0 Å². The minimum atomic E-state index is -0.122. The van der Waals surface area contributed by atoms with Crippen LogP contribution in [0.3, 0.4) is 0 Å². The van der Waals surface area contributed by atoms with Gasteiger partial charge in [0.1, 0.15) is 0 Å². The zero-order chi connectivity index (χ0) is 39.5. The molecule has 9 aromatic rings. The molecule has 0 fully saturated rings. The average molecular weight is 759 g/mol. The Morgan fingerprint density at radius 2 is 0.864 bits per heavy atom. The summed E-state index contributed by atoms with van der Waals surface area (Å²) in [5.74, 6) is 3.56. The molecule has 0 spiro atoms. The molecule has 280 valence electrons. The summed E-state index contributed by atoms with van der Waals surface area (Å²) in [4.78, 5) is 10.5. The first kappa shape index (κ1) is 34.7. The predicted molar refractivity (Wildman–Crippen MR) is 239 cm³/mol. The molecular formula is C55H38N2O2. The lowest BCUT2D eigenvalue weighted by Crippen LogP contribution is -2.15. The van der Waals surface area contributed by atoms with E-state index in [0.29, 0.717) is 17.3 Å². The first-order valence-electron chi connectivity index (χ1n) is 20.0. The van der Waals surface area contributed by atoms with Gasteiger partial charge in [0.05, 0.1) is 11.4 Å². The third-order valence-electron chi connectivity index (χ3n) is 11.8. The Hall–Kier alpha value is -7.56. The van der Waals surface area contributed by atoms with E-state index in [9.17, 15) is 0 Å². The molecule has 11 rings (SSSR count). The highest BCUT2D eigenvalue weighted by molar-refractivity contribution is 5.88. The van der Waals surface area contributed by atoms with Gasteiger partial charge in [-0.05, 0) is 92.5 Å². The Bertz CT molecular complexity index is 2980. The zero-order valence-electron chi connectivity index (χ0n) is 32.7. The van der Waals surface area contributed by atoms with E-state index in [4.69, 9.17) is 19.4 Å². The number of hydrogen-bond donors (Lipinski definition) is 0. The molecule has 4 nitrogen and oxygen atoms in total. The summed E-state index contributed by atoms with van der Waals surface area (Å²) >= 11 is 0. The van der Waals surface area contributed by atoms with Gasteiger partial charge in [-0.3, -0.25) is 0 Å². The van der Waals surface area contributed by atoms with E-state index in [-0.39, 0.29) is 5.41 Å². The molecule has 8 aromatic carbocycles. The van der Waals surface area contributed by atoms with E-state index < -0.39 is 0 Å². The molecule has 1 aromatic heterocycles. The molecule has 1 aliphatic heterocycles. The molecule has 0 radical (unpaired) electrons. The average Bonchev–Trinajstić information content (AvgIpc) is 3.54. The second-order valence-corrected chi connectivity index (χ2v) is 15.8. The fourth-order valence-electron chi connectivity index (χ4n) is 8.69. The lowest BCUT2D eigenvalue weighted by molar-refractivity contribution is 0.360. The van der Waals surface area contributed by atoms with Crippen LogP contribution in [0.5, 0.6) is 23.0 Å². The largest absolute Gasteiger partial charge is 0.449 e. The van der Waals surface area contributed by atoms with Crippen molar-refractivity contribution < 1.29 is 9.47 Å². The van der Waals surface area contributed by atoms with Crippen LogP contribution in [0.15, 0.2) is 194 Å². The normalized spacial score (nSPS) is 13.0. The minimum Gasteiger partial charge on any atom is -0.449 e. The molecule has 0 bridgehead atoms. The van der Waals surface area contributed by atoms with Gasteiger partial charge in [0, 0.05) is 27.7 Å². The van der Waals surface area contributed by atoms with Crippen LogP contribution in [0.25, 0.3) is 78.4 Å². The van der Waals surface area contributed by atoms with Crippen LogP contribution in [0.4, 0.5) is 0 Å². The maximum atomic E-state index is 6.70. The first-order chi connectivity index (χ1) is 29.0. The van der Waals surface area contributed by atoms with Gasteiger partial charge in [0.15, 0.2) is 28.8 Å². The Balaban J connectivity index is 0.976. The maximum absolute atomic E-state index is 6.70. The molecule has 0 atom stereocenters. The molecular weight excluding hydrogens is 721 g/mol. The summed E-state index contributed by atoms with van der Waals surface area (Å²) in [6.07, 6.45) is 0. The van der Waals surface area contributed by atoms with Crippen molar-refractivity contribution in [3.8, 4) is 101 Å². The van der Waals surface area contributed by atoms with Crippen LogP contribution in [0.2, 0.25) is 0 Å². The topological polar surface area (TPSA) is 44.2 Å². The van der Waals surface area contributed by atoms with Gasteiger partial charge in [0.25, 0.3) is 0 Å². The Morgan fingerprint density at radius 3 is 1.53 bits per heavy atom. The summed E-state index contributed by atoms with van der Waals surface area (Å²) in [6, 6.07) is 67.6. The summed E-state index contributed by atoms with van der Waals surface area (Å²) in [5.41, 5.74) is 16.0. The van der Waals surface area contributed by atoms with Gasteiger partial charge >= 0.3 is 0 Å². The number of nitrogens with zero attached hydrogens (tertiary/aromatic N) is 2. The number of fused-ring (bicyclic) bond motifs is 6. The molecule has 0 amide bonds. The van der Waals surface area contributed by atoms with Crippen molar-refractivity contribution in [2.24, 2.45) is 0 Å². The van der Waals surface area contributed by atoms with Crippen molar-refractivity contribution in [2.45, 2.75) is 19.3 Å². The summed E-state index contributed by atoms with van der Waals surface area (Å²) < 4.78 is 13.3. The molecule has 4 heteroatoms. The summed E-state index contributed by atoms with van der Waals surface area (Å²) in [6.45, 7) is 4.55. The first-order valence-corrected chi connectivity index (χ1v) is 20.0. The second kappa shape index (κ2) is 13.8. The molecule has 1 aliphatic carbocycles. The Morgan fingerprint density at radius 1 is 0.356 bits per heavy atom. The van der Waals surface area contributed by atoms with E-state index in [1.807, 2.05) is 24.3 Å². The van der Waals surface area contributed by atoms with Crippen LogP contribution in [0.1, 0.15) is 25.0 Å². The standard InChI is InChI=1S/C55H38N2O2/c1-55(2)45-25-10-9-24-44(45)52-46(55)27-29-50-53(52)59-49-28-26-40(33-51(49)58-50)39-20-12-22-42(31-39)48-34-47(41-21-11-18-37(30-41)35-14-5-3-6-15-35)56-54(57-48)43-23-13-19-38(32-43)36-16-7-4-8-17-36/h3-34H,1-2H3. The Labute approximate surface area is 344 Å². The van der Waals surface area contributed by atoms with Crippen molar-refractivity contribution >= 4 is 0 Å². The van der Waals surface area contributed by atoms with Crippen LogP contribution < -0.4 is 9.47 Å². The Kier molecular flexibility index (Phi) is 8.12. The van der Waals surface area contributed by atoms with Crippen LogP contribution in [-0.4, -0.2) is 9.97 Å². The molecule has 0 saturated carbocycles. The number of rotatable bonds is 6. The summed E-state index contributed by atoms with van der Waals surface area (Å²) in [5, 5.41) is 0. The van der Waals surface area contributed by atoms with Gasteiger partial charge < -0.3 is 9.47 Å².